The molecule has 0 aromatic carbocycles. The molecule has 1 N–H and O–H groups in total. The Bertz CT molecular complexity index is 216. The van der Waals surface area contributed by atoms with Crippen LogP contribution in [0.15, 0.2) is 18.5 Å². The van der Waals surface area contributed by atoms with Crippen molar-refractivity contribution in [3.05, 3.63) is 29.6 Å². The van der Waals surface area contributed by atoms with Gasteiger partial charge in [0.2, 0.25) is 0 Å². The number of aryl methyl sites for hydroxylation is 1. The van der Waals surface area contributed by atoms with Crippen molar-refractivity contribution >= 4 is 0 Å². The van der Waals surface area contributed by atoms with Crippen LogP contribution in [0, 0.1) is 6.92 Å². The van der Waals surface area contributed by atoms with Crippen molar-refractivity contribution in [1.29, 1.82) is 0 Å². The summed E-state index contributed by atoms with van der Waals surface area (Å²) < 4.78 is 0. The molecular formula is C9H14N+. The molecule has 0 atom stereocenters. The maximum atomic E-state index is 3.08. The smallest absolute Gasteiger partial charge is 0.170 e. The maximum Gasteiger partial charge on any atom is 0.170 e. The van der Waals surface area contributed by atoms with Gasteiger partial charge in [-0.25, -0.2) is 4.98 Å². The van der Waals surface area contributed by atoms with Gasteiger partial charge in [-0.05, 0) is 18.4 Å². The lowest BCUT2D eigenvalue weighted by Crippen LogP contribution is -2.04. The normalized spacial score (nSPS) is 10.4. The molecule has 0 unspecified atom stereocenters. The Hall–Kier alpha value is -0.850. The van der Waals surface area contributed by atoms with Crippen LogP contribution in [0.3, 0.4) is 0 Å². The minimum absolute atomic E-state index is 0.623. The fraction of sp³-hybridized carbons (Fsp3) is 0.444. The van der Waals surface area contributed by atoms with E-state index in [1.165, 1.54) is 11.1 Å². The molecule has 0 aliphatic rings. The number of aromatic amines is 1. The highest BCUT2D eigenvalue weighted by atomic mass is 14.6. The van der Waals surface area contributed by atoms with Crippen molar-refractivity contribution in [2.75, 3.05) is 0 Å². The number of H-pyrrole nitrogens is 1. The third-order valence-corrected chi connectivity index (χ3v) is 1.75. The molecule has 0 amide bonds. The third-order valence-electron chi connectivity index (χ3n) is 1.75. The molecule has 0 fully saturated rings. The van der Waals surface area contributed by atoms with Gasteiger partial charge >= 0.3 is 0 Å². The average molecular weight is 136 g/mol. The summed E-state index contributed by atoms with van der Waals surface area (Å²) in [5.41, 5.74) is 2.77. The molecule has 0 bridgehead atoms. The first kappa shape index (κ1) is 7.26. The maximum absolute atomic E-state index is 3.08. The Kier molecular flexibility index (Phi) is 2.05. The number of rotatable bonds is 1. The van der Waals surface area contributed by atoms with Crippen molar-refractivity contribution < 1.29 is 4.98 Å². The van der Waals surface area contributed by atoms with Gasteiger partial charge < -0.3 is 0 Å². The van der Waals surface area contributed by atoms with Crippen LogP contribution in [0.2, 0.25) is 0 Å². The molecule has 1 aromatic rings. The predicted octanol–water partition coefficient (Wildman–Crippen LogP) is 1.93. The van der Waals surface area contributed by atoms with E-state index in [4.69, 9.17) is 0 Å². The van der Waals surface area contributed by atoms with Crippen LogP contribution in [0.1, 0.15) is 30.9 Å². The van der Waals surface area contributed by atoms with E-state index >= 15 is 0 Å². The van der Waals surface area contributed by atoms with Crippen LogP contribution in [-0.2, 0) is 0 Å². The topological polar surface area (TPSA) is 14.1 Å². The van der Waals surface area contributed by atoms with Crippen LogP contribution < -0.4 is 4.98 Å². The summed E-state index contributed by atoms with van der Waals surface area (Å²) in [6, 6.07) is 2.11. The van der Waals surface area contributed by atoms with E-state index in [0.29, 0.717) is 5.92 Å². The molecule has 1 rings (SSSR count). The molecule has 54 valence electrons. The standard InChI is InChI=1S/C9H13N/c1-7(2)9-6-10-5-4-8(9)3/h4-7H,1-3H3/p+1. The Labute approximate surface area is 62.1 Å². The van der Waals surface area contributed by atoms with Gasteiger partial charge in [-0.2, -0.15) is 0 Å². The van der Waals surface area contributed by atoms with Crippen molar-refractivity contribution in [2.24, 2.45) is 0 Å². The second-order valence-corrected chi connectivity index (χ2v) is 2.94. The molecule has 1 nitrogen and oxygen atoms in total. The summed E-state index contributed by atoms with van der Waals surface area (Å²) in [6.07, 6.45) is 4.03. The van der Waals surface area contributed by atoms with E-state index in [2.05, 4.69) is 38.0 Å². The highest BCUT2D eigenvalue weighted by Gasteiger charge is 2.03. The van der Waals surface area contributed by atoms with Gasteiger partial charge in [0, 0.05) is 11.6 Å². The number of nitrogens with one attached hydrogen (secondary N) is 1. The van der Waals surface area contributed by atoms with E-state index < -0.39 is 0 Å². The molecule has 1 heterocycles. The minimum atomic E-state index is 0.623. The number of hydrogen-bond donors (Lipinski definition) is 0. The van der Waals surface area contributed by atoms with Crippen molar-refractivity contribution in [2.45, 2.75) is 26.7 Å². The summed E-state index contributed by atoms with van der Waals surface area (Å²) in [7, 11) is 0. The zero-order valence-electron chi connectivity index (χ0n) is 6.81. The first-order valence-electron chi connectivity index (χ1n) is 3.68. The quantitative estimate of drug-likeness (QED) is 0.560. The molecule has 0 saturated carbocycles. The fourth-order valence-electron chi connectivity index (χ4n) is 1.14. The van der Waals surface area contributed by atoms with Crippen LogP contribution in [-0.4, -0.2) is 0 Å². The Balaban J connectivity index is 3.03. The SMILES string of the molecule is Cc1cc[nH+]cc1C(C)C. The highest BCUT2D eigenvalue weighted by Crippen LogP contribution is 2.14. The summed E-state index contributed by atoms with van der Waals surface area (Å²) in [5.74, 6) is 0.623. The Morgan fingerprint density at radius 3 is 2.50 bits per heavy atom. The Morgan fingerprint density at radius 1 is 1.40 bits per heavy atom. The first-order valence-corrected chi connectivity index (χ1v) is 3.68. The monoisotopic (exact) mass is 136 g/mol. The lowest BCUT2D eigenvalue weighted by molar-refractivity contribution is -0.378. The lowest BCUT2D eigenvalue weighted by atomic mass is 10.0. The molecule has 10 heavy (non-hydrogen) atoms. The molecular weight excluding hydrogens is 122 g/mol. The van der Waals surface area contributed by atoms with Crippen LogP contribution in [0.25, 0.3) is 0 Å². The zero-order chi connectivity index (χ0) is 7.56. The number of aromatic nitrogens is 1. The second kappa shape index (κ2) is 2.82. The van der Waals surface area contributed by atoms with Gasteiger partial charge in [0.25, 0.3) is 0 Å². The zero-order valence-corrected chi connectivity index (χ0v) is 6.81. The third kappa shape index (κ3) is 1.35. The summed E-state index contributed by atoms with van der Waals surface area (Å²) in [4.78, 5) is 3.08. The van der Waals surface area contributed by atoms with E-state index in [0.717, 1.165) is 0 Å². The molecule has 0 saturated heterocycles. The summed E-state index contributed by atoms with van der Waals surface area (Å²) >= 11 is 0. The fourth-order valence-corrected chi connectivity index (χ4v) is 1.14. The highest BCUT2D eigenvalue weighted by molar-refractivity contribution is 5.21. The first-order chi connectivity index (χ1) is 4.72. The van der Waals surface area contributed by atoms with Crippen molar-refractivity contribution in [3.63, 3.8) is 0 Å². The van der Waals surface area contributed by atoms with Crippen molar-refractivity contribution in [1.82, 2.24) is 0 Å². The second-order valence-electron chi connectivity index (χ2n) is 2.94. The lowest BCUT2D eigenvalue weighted by Gasteiger charge is -2.03. The van der Waals surface area contributed by atoms with E-state index in [-0.39, 0.29) is 0 Å². The average Bonchev–Trinajstić information content (AvgIpc) is 1.88. The minimum Gasteiger partial charge on any atom is -0.218 e. The van der Waals surface area contributed by atoms with Gasteiger partial charge in [0.05, 0.1) is 0 Å². The van der Waals surface area contributed by atoms with E-state index in [1.54, 1.807) is 0 Å². The van der Waals surface area contributed by atoms with Crippen LogP contribution >= 0.6 is 0 Å². The number of pyridine rings is 1. The molecule has 1 heteroatoms. The summed E-state index contributed by atoms with van der Waals surface area (Å²) in [6.45, 7) is 6.55. The molecule has 0 radical (unpaired) electrons. The van der Waals surface area contributed by atoms with Crippen LogP contribution in [0.5, 0.6) is 0 Å². The van der Waals surface area contributed by atoms with E-state index in [1.807, 2.05) is 6.20 Å². The predicted molar refractivity (Wildman–Crippen MR) is 41.8 cm³/mol. The van der Waals surface area contributed by atoms with Gasteiger partial charge in [-0.15, -0.1) is 0 Å². The van der Waals surface area contributed by atoms with Crippen LogP contribution in [0.4, 0.5) is 0 Å². The van der Waals surface area contributed by atoms with Gasteiger partial charge in [-0.3, -0.25) is 0 Å². The van der Waals surface area contributed by atoms with Gasteiger partial charge in [0.15, 0.2) is 12.4 Å². The molecule has 1 aromatic heterocycles. The summed E-state index contributed by atoms with van der Waals surface area (Å²) in [5, 5.41) is 0. The van der Waals surface area contributed by atoms with Crippen molar-refractivity contribution in [3.8, 4) is 0 Å². The largest absolute Gasteiger partial charge is 0.218 e. The molecule has 0 spiro atoms. The molecule has 0 aliphatic heterocycles. The van der Waals surface area contributed by atoms with Gasteiger partial charge in [-0.1, -0.05) is 13.8 Å². The van der Waals surface area contributed by atoms with Gasteiger partial charge in [0.1, 0.15) is 0 Å². The molecule has 0 aliphatic carbocycles. The number of hydrogen-bond acceptors (Lipinski definition) is 0. The van der Waals surface area contributed by atoms with E-state index in [9.17, 15) is 0 Å². The Morgan fingerprint density at radius 2 is 2.10 bits per heavy atom.